The third kappa shape index (κ3) is 2.02. The van der Waals surface area contributed by atoms with Crippen molar-refractivity contribution in [3.05, 3.63) is 16.1 Å². The van der Waals surface area contributed by atoms with Gasteiger partial charge in [0.05, 0.1) is 17.7 Å². The molecule has 2 atom stereocenters. The Bertz CT molecular complexity index is 542. The number of carbonyl (C=O) groups excluding carboxylic acids is 2. The van der Waals surface area contributed by atoms with Gasteiger partial charge in [-0.15, -0.1) is 11.3 Å². The Morgan fingerprint density at radius 1 is 1.40 bits per heavy atom. The highest BCUT2D eigenvalue weighted by molar-refractivity contribution is 7.09. The molecule has 5 nitrogen and oxygen atoms in total. The van der Waals surface area contributed by atoms with Crippen LogP contribution in [0.3, 0.4) is 0 Å². The summed E-state index contributed by atoms with van der Waals surface area (Å²) in [7, 11) is 0. The monoisotopic (exact) mass is 293 g/mol. The summed E-state index contributed by atoms with van der Waals surface area (Å²) in [5, 5.41) is 0. The van der Waals surface area contributed by atoms with Crippen LogP contribution in [0.15, 0.2) is 5.51 Å². The molecule has 0 saturated carbocycles. The number of carbonyl (C=O) groups is 2. The minimum absolute atomic E-state index is 0.113. The molecule has 0 spiro atoms. The molecule has 0 radical (unpaired) electrons. The van der Waals surface area contributed by atoms with Gasteiger partial charge in [0.1, 0.15) is 12.1 Å². The topological polar surface area (TPSA) is 53.5 Å². The minimum atomic E-state index is -0.307. The first-order valence-corrected chi connectivity index (χ1v) is 8.01. The largest absolute Gasteiger partial charge is 0.329 e. The molecule has 1 aromatic heterocycles. The maximum atomic E-state index is 12.7. The molecule has 2 fully saturated rings. The second kappa shape index (κ2) is 5.16. The van der Waals surface area contributed by atoms with Crippen molar-refractivity contribution in [1.29, 1.82) is 0 Å². The van der Waals surface area contributed by atoms with E-state index in [0.29, 0.717) is 13.0 Å². The molecule has 0 N–H and O–H groups in total. The molecule has 2 aliphatic rings. The van der Waals surface area contributed by atoms with Gasteiger partial charge in [-0.05, 0) is 26.2 Å². The first-order valence-electron chi connectivity index (χ1n) is 7.13. The maximum absolute atomic E-state index is 12.7. The highest BCUT2D eigenvalue weighted by Gasteiger charge is 2.47. The van der Waals surface area contributed by atoms with Crippen molar-refractivity contribution in [2.24, 2.45) is 0 Å². The number of aromatic nitrogens is 1. The van der Waals surface area contributed by atoms with E-state index in [1.165, 1.54) is 0 Å². The van der Waals surface area contributed by atoms with Gasteiger partial charge in [-0.25, -0.2) is 4.98 Å². The lowest BCUT2D eigenvalue weighted by atomic mass is 10.0. The summed E-state index contributed by atoms with van der Waals surface area (Å²) < 4.78 is 0. The molecule has 2 saturated heterocycles. The Balaban J connectivity index is 1.89. The van der Waals surface area contributed by atoms with E-state index >= 15 is 0 Å². The highest BCUT2D eigenvalue weighted by atomic mass is 32.1. The fourth-order valence-corrected chi connectivity index (χ4v) is 3.95. The Hall–Kier alpha value is -1.43. The van der Waals surface area contributed by atoms with Gasteiger partial charge in [0, 0.05) is 11.4 Å². The normalized spacial score (nSPS) is 26.3. The fourth-order valence-electron chi connectivity index (χ4n) is 3.17. The van der Waals surface area contributed by atoms with Gasteiger partial charge in [0.2, 0.25) is 11.8 Å². The van der Waals surface area contributed by atoms with E-state index in [1.54, 1.807) is 26.6 Å². The van der Waals surface area contributed by atoms with E-state index in [-0.39, 0.29) is 23.9 Å². The molecule has 3 heterocycles. The number of piperazine rings is 1. The zero-order valence-electron chi connectivity index (χ0n) is 11.8. The van der Waals surface area contributed by atoms with Crippen LogP contribution < -0.4 is 0 Å². The van der Waals surface area contributed by atoms with Crippen molar-refractivity contribution in [2.45, 2.75) is 51.7 Å². The van der Waals surface area contributed by atoms with Gasteiger partial charge >= 0.3 is 0 Å². The van der Waals surface area contributed by atoms with E-state index in [1.807, 2.05) is 13.8 Å². The molecular weight excluding hydrogens is 274 g/mol. The third-order valence-corrected chi connectivity index (χ3v) is 5.23. The van der Waals surface area contributed by atoms with Gasteiger partial charge in [0.15, 0.2) is 0 Å². The molecular formula is C14H19N3O2S. The predicted molar refractivity (Wildman–Crippen MR) is 76.2 cm³/mol. The third-order valence-electron chi connectivity index (χ3n) is 4.31. The molecule has 0 bridgehead atoms. The molecule has 20 heavy (non-hydrogen) atoms. The second-order valence-electron chi connectivity index (χ2n) is 5.44. The molecule has 0 aromatic carbocycles. The average Bonchev–Trinajstić information content (AvgIpc) is 3.06. The van der Waals surface area contributed by atoms with Gasteiger partial charge in [-0.3, -0.25) is 9.59 Å². The number of rotatable bonds is 3. The number of thiazole rings is 1. The average molecular weight is 293 g/mol. The fraction of sp³-hybridized carbons (Fsp3) is 0.643. The highest BCUT2D eigenvalue weighted by Crippen LogP contribution is 2.30. The predicted octanol–water partition coefficient (Wildman–Crippen LogP) is 1.56. The van der Waals surface area contributed by atoms with Gasteiger partial charge in [-0.2, -0.15) is 0 Å². The first kappa shape index (κ1) is 13.5. The number of nitrogens with zero attached hydrogens (tertiary/aromatic N) is 3. The van der Waals surface area contributed by atoms with Crippen LogP contribution >= 0.6 is 11.3 Å². The lowest BCUT2D eigenvalue weighted by Crippen LogP contribution is -2.62. The summed E-state index contributed by atoms with van der Waals surface area (Å²) in [6.07, 6.45) is 2.41. The first-order chi connectivity index (χ1) is 9.63. The SMILES string of the molecule is CCC1C(=O)N2CCCC2C(=O)N1Cc1scnc1C. The van der Waals surface area contributed by atoms with Crippen LogP contribution in [0.25, 0.3) is 0 Å². The standard InChI is InChI=1S/C14H19N3O2S/c1-3-10-13(18)16-6-4-5-11(16)14(19)17(10)7-12-9(2)15-8-20-12/h8,10-11H,3-7H2,1-2H3. The van der Waals surface area contributed by atoms with E-state index in [9.17, 15) is 9.59 Å². The zero-order valence-corrected chi connectivity index (χ0v) is 12.7. The number of fused-ring (bicyclic) bond motifs is 1. The van der Waals surface area contributed by atoms with Crippen LogP contribution in [0.5, 0.6) is 0 Å². The van der Waals surface area contributed by atoms with E-state index in [4.69, 9.17) is 0 Å². The molecule has 2 unspecified atom stereocenters. The van der Waals surface area contributed by atoms with Crippen LogP contribution in [0, 0.1) is 6.92 Å². The Morgan fingerprint density at radius 2 is 2.20 bits per heavy atom. The quantitative estimate of drug-likeness (QED) is 0.850. The van der Waals surface area contributed by atoms with E-state index in [2.05, 4.69) is 4.98 Å². The van der Waals surface area contributed by atoms with Crippen LogP contribution in [-0.4, -0.2) is 45.2 Å². The Labute approximate surface area is 122 Å². The second-order valence-corrected chi connectivity index (χ2v) is 6.38. The van der Waals surface area contributed by atoms with E-state index < -0.39 is 0 Å². The van der Waals surface area contributed by atoms with Crippen molar-refractivity contribution < 1.29 is 9.59 Å². The molecule has 0 aliphatic carbocycles. The lowest BCUT2D eigenvalue weighted by molar-refractivity contribution is -0.160. The van der Waals surface area contributed by atoms with Crippen LogP contribution in [-0.2, 0) is 16.1 Å². The van der Waals surface area contributed by atoms with Gasteiger partial charge in [-0.1, -0.05) is 6.92 Å². The molecule has 108 valence electrons. The van der Waals surface area contributed by atoms with Crippen molar-refractivity contribution >= 4 is 23.2 Å². The van der Waals surface area contributed by atoms with Crippen LogP contribution in [0.2, 0.25) is 0 Å². The smallest absolute Gasteiger partial charge is 0.246 e. The number of aryl methyl sites for hydroxylation is 1. The number of hydrogen-bond donors (Lipinski definition) is 0. The Kier molecular flexibility index (Phi) is 3.50. The van der Waals surface area contributed by atoms with Gasteiger partial charge < -0.3 is 9.80 Å². The summed E-state index contributed by atoms with van der Waals surface area (Å²) >= 11 is 1.55. The number of hydrogen-bond acceptors (Lipinski definition) is 4. The summed E-state index contributed by atoms with van der Waals surface area (Å²) in [5.41, 5.74) is 2.75. The number of amides is 2. The zero-order chi connectivity index (χ0) is 14.3. The van der Waals surface area contributed by atoms with E-state index in [0.717, 1.165) is 30.0 Å². The van der Waals surface area contributed by atoms with Crippen molar-refractivity contribution in [3.63, 3.8) is 0 Å². The maximum Gasteiger partial charge on any atom is 0.246 e. The summed E-state index contributed by atoms with van der Waals surface area (Å²) in [6, 6.07) is -0.531. The molecule has 2 aliphatic heterocycles. The summed E-state index contributed by atoms with van der Waals surface area (Å²) in [4.78, 5) is 34.1. The summed E-state index contributed by atoms with van der Waals surface area (Å²) in [5.74, 6) is 0.235. The van der Waals surface area contributed by atoms with Crippen molar-refractivity contribution in [3.8, 4) is 0 Å². The van der Waals surface area contributed by atoms with Gasteiger partial charge in [0.25, 0.3) is 0 Å². The Morgan fingerprint density at radius 3 is 2.85 bits per heavy atom. The molecule has 2 amide bonds. The molecule has 6 heteroatoms. The molecule has 3 rings (SSSR count). The van der Waals surface area contributed by atoms with Crippen molar-refractivity contribution in [2.75, 3.05) is 6.54 Å². The summed E-state index contributed by atoms with van der Waals surface area (Å²) in [6.45, 7) is 5.17. The van der Waals surface area contributed by atoms with Crippen LogP contribution in [0.4, 0.5) is 0 Å². The minimum Gasteiger partial charge on any atom is -0.329 e. The molecule has 1 aromatic rings. The van der Waals surface area contributed by atoms with Crippen molar-refractivity contribution in [1.82, 2.24) is 14.8 Å². The lowest BCUT2D eigenvalue weighted by Gasteiger charge is -2.42. The van der Waals surface area contributed by atoms with Crippen LogP contribution in [0.1, 0.15) is 36.8 Å².